The molecule has 8 nitrogen and oxygen atoms in total. The Morgan fingerprint density at radius 1 is 1.06 bits per heavy atom. The highest BCUT2D eigenvalue weighted by Gasteiger charge is 2.38. The lowest BCUT2D eigenvalue weighted by atomic mass is 10.1. The van der Waals surface area contributed by atoms with Gasteiger partial charge in [0, 0.05) is 13.0 Å². The van der Waals surface area contributed by atoms with Crippen LogP contribution in [0.5, 0.6) is 0 Å². The van der Waals surface area contributed by atoms with Crippen LogP contribution in [0.3, 0.4) is 0 Å². The van der Waals surface area contributed by atoms with Gasteiger partial charge in [-0.2, -0.15) is 0 Å². The van der Waals surface area contributed by atoms with E-state index in [1.165, 1.54) is 9.80 Å². The van der Waals surface area contributed by atoms with Gasteiger partial charge in [0.15, 0.2) is 0 Å². The van der Waals surface area contributed by atoms with Crippen LogP contribution in [0, 0.1) is 0 Å². The lowest BCUT2D eigenvalue weighted by molar-refractivity contribution is -0.160. The van der Waals surface area contributed by atoms with E-state index in [2.05, 4.69) is 6.92 Å². The van der Waals surface area contributed by atoms with Crippen molar-refractivity contribution in [3.8, 4) is 0 Å². The van der Waals surface area contributed by atoms with Gasteiger partial charge in [-0.25, -0.2) is 9.59 Å². The third kappa shape index (κ3) is 8.18. The molecular weight excluding hydrogens is 424 g/mol. The average molecular weight is 461 g/mol. The normalized spacial score (nSPS) is 16.6. The van der Waals surface area contributed by atoms with Gasteiger partial charge in [0.1, 0.15) is 18.2 Å². The number of carbonyl (C=O) groups excluding carboxylic acids is 3. The predicted molar refractivity (Wildman–Crippen MR) is 124 cm³/mol. The Hall–Kier alpha value is -2.90. The predicted octanol–water partition coefficient (Wildman–Crippen LogP) is 3.63. The van der Waals surface area contributed by atoms with Crippen LogP contribution in [0.2, 0.25) is 0 Å². The Morgan fingerprint density at radius 2 is 1.70 bits per heavy atom. The molecule has 1 saturated heterocycles. The molecule has 0 aromatic heterocycles. The fraction of sp³-hybridized carbons (Fsp3) is 0.600. The minimum Gasteiger partial charge on any atom is -0.480 e. The van der Waals surface area contributed by atoms with Crippen molar-refractivity contribution in [1.82, 2.24) is 9.80 Å². The fourth-order valence-electron chi connectivity index (χ4n) is 3.72. The first-order valence-electron chi connectivity index (χ1n) is 11.6. The van der Waals surface area contributed by atoms with Gasteiger partial charge in [0.25, 0.3) is 0 Å². The second-order valence-electron chi connectivity index (χ2n) is 9.51. The van der Waals surface area contributed by atoms with Crippen LogP contribution in [0.4, 0.5) is 0 Å². The molecule has 33 heavy (non-hydrogen) atoms. The summed E-state index contributed by atoms with van der Waals surface area (Å²) in [5.41, 5.74) is 0.564. The SMILES string of the molecule is CCCCCCCC(=O)N1CC(=O)N(Cc2ccc(C(=O)OC(C)(C)C)cc2)CC1C(=O)O. The Morgan fingerprint density at radius 3 is 2.27 bits per heavy atom. The van der Waals surface area contributed by atoms with E-state index in [0.29, 0.717) is 12.0 Å². The van der Waals surface area contributed by atoms with Gasteiger partial charge >= 0.3 is 11.9 Å². The molecular formula is C25H36N2O6. The van der Waals surface area contributed by atoms with E-state index in [-0.39, 0.29) is 37.9 Å². The minimum absolute atomic E-state index is 0.0659. The quantitative estimate of drug-likeness (QED) is 0.422. The molecule has 2 amide bonds. The van der Waals surface area contributed by atoms with Crippen molar-refractivity contribution in [3.63, 3.8) is 0 Å². The summed E-state index contributed by atoms with van der Waals surface area (Å²) in [6.45, 7) is 7.39. The van der Waals surface area contributed by atoms with Crippen LogP contribution in [-0.2, 0) is 25.7 Å². The number of ether oxygens (including phenoxy) is 1. The Labute approximate surface area is 195 Å². The maximum absolute atomic E-state index is 12.7. The number of amides is 2. The van der Waals surface area contributed by atoms with Gasteiger partial charge in [-0.1, -0.05) is 44.7 Å². The summed E-state index contributed by atoms with van der Waals surface area (Å²) in [5, 5.41) is 9.68. The van der Waals surface area contributed by atoms with Gasteiger partial charge in [0.2, 0.25) is 11.8 Å². The number of hydrogen-bond acceptors (Lipinski definition) is 5. The molecule has 1 aromatic rings. The number of aliphatic carboxylic acids is 1. The molecule has 1 aromatic carbocycles. The summed E-state index contributed by atoms with van der Waals surface area (Å²) >= 11 is 0. The summed E-state index contributed by atoms with van der Waals surface area (Å²) in [4.78, 5) is 52.0. The lowest BCUT2D eigenvalue weighted by Gasteiger charge is -2.39. The number of rotatable bonds is 10. The van der Waals surface area contributed by atoms with E-state index in [1.54, 1.807) is 45.0 Å². The molecule has 182 valence electrons. The summed E-state index contributed by atoms with van der Waals surface area (Å²) < 4.78 is 5.35. The molecule has 0 aliphatic carbocycles. The highest BCUT2D eigenvalue weighted by Crippen LogP contribution is 2.19. The number of hydrogen-bond donors (Lipinski definition) is 1. The standard InChI is InChI=1S/C25H36N2O6/c1-5-6-7-8-9-10-21(28)27-17-22(29)26(16-20(27)23(30)31)15-18-11-13-19(14-12-18)24(32)33-25(2,3)4/h11-14,20H,5-10,15-17H2,1-4H3,(H,30,31). The van der Waals surface area contributed by atoms with Crippen LogP contribution < -0.4 is 0 Å². The molecule has 1 fully saturated rings. The van der Waals surface area contributed by atoms with Crippen molar-refractivity contribution in [2.75, 3.05) is 13.1 Å². The molecule has 1 heterocycles. The number of piperazine rings is 1. The Balaban J connectivity index is 1.98. The molecule has 1 N–H and O–H groups in total. The molecule has 0 spiro atoms. The highest BCUT2D eigenvalue weighted by atomic mass is 16.6. The highest BCUT2D eigenvalue weighted by molar-refractivity contribution is 5.91. The first-order chi connectivity index (χ1) is 15.5. The second-order valence-corrected chi connectivity index (χ2v) is 9.51. The third-order valence-corrected chi connectivity index (χ3v) is 5.49. The summed E-state index contributed by atoms with van der Waals surface area (Å²) in [6.07, 6.45) is 5.14. The number of carbonyl (C=O) groups is 4. The molecule has 1 atom stereocenters. The molecule has 0 saturated carbocycles. The monoisotopic (exact) mass is 460 g/mol. The largest absolute Gasteiger partial charge is 0.480 e. The number of nitrogens with zero attached hydrogens (tertiary/aromatic N) is 2. The van der Waals surface area contributed by atoms with Crippen molar-refractivity contribution in [3.05, 3.63) is 35.4 Å². The zero-order chi connectivity index (χ0) is 24.6. The van der Waals surface area contributed by atoms with E-state index < -0.39 is 23.6 Å². The molecule has 1 unspecified atom stereocenters. The van der Waals surface area contributed by atoms with Crippen molar-refractivity contribution in [1.29, 1.82) is 0 Å². The summed E-state index contributed by atoms with van der Waals surface area (Å²) in [5.74, 6) is -2.12. The van der Waals surface area contributed by atoms with Crippen LogP contribution in [-0.4, -0.2) is 63.4 Å². The second kappa shape index (κ2) is 11.8. The first kappa shape index (κ1) is 26.4. The van der Waals surface area contributed by atoms with E-state index >= 15 is 0 Å². The zero-order valence-electron chi connectivity index (χ0n) is 20.1. The van der Waals surface area contributed by atoms with Crippen LogP contribution in [0.1, 0.15) is 82.1 Å². The molecule has 0 radical (unpaired) electrons. The zero-order valence-corrected chi connectivity index (χ0v) is 20.1. The molecule has 0 bridgehead atoms. The lowest BCUT2D eigenvalue weighted by Crippen LogP contribution is -2.60. The summed E-state index contributed by atoms with van der Waals surface area (Å²) in [7, 11) is 0. The van der Waals surface area contributed by atoms with E-state index in [4.69, 9.17) is 4.74 Å². The molecule has 8 heteroatoms. The maximum atomic E-state index is 12.7. The van der Waals surface area contributed by atoms with Gasteiger partial charge in [0.05, 0.1) is 12.1 Å². The molecule has 2 rings (SSSR count). The third-order valence-electron chi connectivity index (χ3n) is 5.49. The van der Waals surface area contributed by atoms with E-state index in [9.17, 15) is 24.3 Å². The van der Waals surface area contributed by atoms with Gasteiger partial charge < -0.3 is 19.6 Å². The van der Waals surface area contributed by atoms with E-state index in [0.717, 1.165) is 31.2 Å². The van der Waals surface area contributed by atoms with Crippen LogP contribution in [0.25, 0.3) is 0 Å². The van der Waals surface area contributed by atoms with Crippen molar-refractivity contribution in [2.24, 2.45) is 0 Å². The van der Waals surface area contributed by atoms with Gasteiger partial charge in [-0.15, -0.1) is 0 Å². The number of esters is 1. The summed E-state index contributed by atoms with van der Waals surface area (Å²) in [6, 6.07) is 5.63. The van der Waals surface area contributed by atoms with Crippen molar-refractivity contribution < 1.29 is 29.0 Å². The van der Waals surface area contributed by atoms with E-state index in [1.807, 2.05) is 0 Å². The minimum atomic E-state index is -1.12. The first-order valence-corrected chi connectivity index (χ1v) is 11.6. The van der Waals surface area contributed by atoms with Crippen LogP contribution in [0.15, 0.2) is 24.3 Å². The topological polar surface area (TPSA) is 104 Å². The maximum Gasteiger partial charge on any atom is 0.338 e. The average Bonchev–Trinajstić information content (AvgIpc) is 2.73. The van der Waals surface area contributed by atoms with Gasteiger partial charge in [-0.3, -0.25) is 9.59 Å². The Kier molecular flexibility index (Phi) is 9.44. The number of carboxylic acid groups (broad SMARTS) is 1. The Bertz CT molecular complexity index is 843. The van der Waals surface area contributed by atoms with Crippen LogP contribution >= 0.6 is 0 Å². The number of unbranched alkanes of at least 4 members (excludes halogenated alkanes) is 4. The molecule has 1 aliphatic heterocycles. The molecule has 1 aliphatic rings. The number of carboxylic acids is 1. The smallest absolute Gasteiger partial charge is 0.338 e. The van der Waals surface area contributed by atoms with Gasteiger partial charge in [-0.05, 0) is 44.9 Å². The van der Waals surface area contributed by atoms with Crippen molar-refractivity contribution in [2.45, 2.75) is 84.4 Å². The number of benzene rings is 1. The van der Waals surface area contributed by atoms with Crippen molar-refractivity contribution >= 4 is 23.8 Å². The fourth-order valence-corrected chi connectivity index (χ4v) is 3.72.